The van der Waals surface area contributed by atoms with Gasteiger partial charge in [-0.15, -0.1) is 0 Å². The number of hydrogen-bond acceptors (Lipinski definition) is 5. The summed E-state index contributed by atoms with van der Waals surface area (Å²) in [6.45, 7) is -0.0495. The number of primary amides is 1. The second-order valence-electron chi connectivity index (χ2n) is 6.78. The van der Waals surface area contributed by atoms with Gasteiger partial charge in [0.15, 0.2) is 5.69 Å². The Hall–Kier alpha value is -3.11. The first-order valence-electron chi connectivity index (χ1n) is 8.80. The Morgan fingerprint density at radius 2 is 2.07 bits per heavy atom. The maximum atomic E-state index is 12.5. The number of imidazole rings is 1. The van der Waals surface area contributed by atoms with E-state index in [1.54, 1.807) is 16.7 Å². The number of rotatable bonds is 6. The zero-order valence-electron chi connectivity index (χ0n) is 15.8. The van der Waals surface area contributed by atoms with E-state index in [0.717, 1.165) is 0 Å². The molecule has 1 aromatic heterocycles. The molecule has 0 saturated carbocycles. The summed E-state index contributed by atoms with van der Waals surface area (Å²) >= 11 is 11.7. The van der Waals surface area contributed by atoms with Gasteiger partial charge in [0.05, 0.1) is 28.8 Å². The highest BCUT2D eigenvalue weighted by Crippen LogP contribution is 2.26. The van der Waals surface area contributed by atoms with E-state index in [2.05, 4.69) is 15.6 Å². The number of fused-ring (bicyclic) bond motifs is 1. The molecule has 1 aliphatic rings. The van der Waals surface area contributed by atoms with Crippen molar-refractivity contribution in [3.63, 3.8) is 0 Å². The maximum absolute atomic E-state index is 12.5. The Bertz CT molecular complexity index is 1040. The number of nitrogens with zero attached hydrogens (tertiary/aromatic N) is 3. The van der Waals surface area contributed by atoms with E-state index in [1.165, 1.54) is 24.3 Å². The minimum atomic E-state index is -0.758. The van der Waals surface area contributed by atoms with Crippen LogP contribution in [0.2, 0.25) is 10.0 Å². The van der Waals surface area contributed by atoms with Gasteiger partial charge >= 0.3 is 0 Å². The molecular formula is C18H18Cl2N6O4. The van der Waals surface area contributed by atoms with Gasteiger partial charge in [-0.3, -0.25) is 19.2 Å². The normalized spacial score (nSPS) is 15.2. The molecule has 0 fully saturated rings. The van der Waals surface area contributed by atoms with Gasteiger partial charge in [-0.2, -0.15) is 0 Å². The van der Waals surface area contributed by atoms with E-state index in [-0.39, 0.29) is 31.0 Å². The van der Waals surface area contributed by atoms with Crippen LogP contribution in [0.3, 0.4) is 0 Å². The zero-order valence-corrected chi connectivity index (χ0v) is 17.3. The number of nitrogens with one attached hydrogen (secondary N) is 2. The van der Waals surface area contributed by atoms with Crippen LogP contribution in [-0.2, 0) is 20.9 Å². The number of anilines is 2. The SMILES string of the molecule is CN(CC(=O)Nc1ccc(Cl)c(Cl)c1)C(=O)CC1Cn2cnc(C(N)=O)c2NC1=O. The monoisotopic (exact) mass is 452 g/mol. The maximum Gasteiger partial charge on any atom is 0.271 e. The predicted octanol–water partition coefficient (Wildman–Crippen LogP) is 1.34. The average molecular weight is 453 g/mol. The molecule has 0 aliphatic carbocycles. The zero-order chi connectivity index (χ0) is 22.0. The molecule has 10 nitrogen and oxygen atoms in total. The third-order valence-electron chi connectivity index (χ3n) is 4.53. The van der Waals surface area contributed by atoms with Crippen LogP contribution in [0.4, 0.5) is 11.5 Å². The molecule has 30 heavy (non-hydrogen) atoms. The van der Waals surface area contributed by atoms with Crippen molar-refractivity contribution in [1.29, 1.82) is 0 Å². The first-order chi connectivity index (χ1) is 14.2. The molecule has 0 saturated heterocycles. The van der Waals surface area contributed by atoms with Gasteiger partial charge in [0.2, 0.25) is 17.7 Å². The van der Waals surface area contributed by atoms with E-state index in [9.17, 15) is 19.2 Å². The fourth-order valence-electron chi connectivity index (χ4n) is 2.97. The lowest BCUT2D eigenvalue weighted by atomic mass is 10.0. The predicted molar refractivity (Wildman–Crippen MR) is 110 cm³/mol. The molecule has 1 aliphatic heterocycles. The molecule has 12 heteroatoms. The van der Waals surface area contributed by atoms with Crippen molar-refractivity contribution in [3.8, 4) is 0 Å². The number of amides is 4. The molecule has 158 valence electrons. The van der Waals surface area contributed by atoms with Crippen LogP contribution in [0.5, 0.6) is 0 Å². The third kappa shape index (κ3) is 4.71. The van der Waals surface area contributed by atoms with E-state index >= 15 is 0 Å². The van der Waals surface area contributed by atoms with Crippen LogP contribution in [-0.4, -0.2) is 51.7 Å². The lowest BCUT2D eigenvalue weighted by Crippen LogP contribution is -2.40. The first-order valence-corrected chi connectivity index (χ1v) is 9.56. The summed E-state index contributed by atoms with van der Waals surface area (Å²) in [7, 11) is 1.46. The van der Waals surface area contributed by atoms with Gasteiger partial charge in [-0.25, -0.2) is 4.98 Å². The number of nitrogens with two attached hydrogens (primary N) is 1. The molecule has 0 radical (unpaired) electrons. The highest BCUT2D eigenvalue weighted by molar-refractivity contribution is 6.42. The molecule has 2 aromatic rings. The van der Waals surface area contributed by atoms with Gasteiger partial charge in [0.1, 0.15) is 5.82 Å². The number of carbonyl (C=O) groups is 4. The highest BCUT2D eigenvalue weighted by atomic mass is 35.5. The minimum Gasteiger partial charge on any atom is -0.364 e. The Labute approximate surface area is 181 Å². The Balaban J connectivity index is 1.57. The third-order valence-corrected chi connectivity index (χ3v) is 5.27. The summed E-state index contributed by atoms with van der Waals surface area (Å²) < 4.78 is 1.55. The molecule has 0 bridgehead atoms. The topological polar surface area (TPSA) is 139 Å². The molecular weight excluding hydrogens is 435 g/mol. The molecule has 4 N–H and O–H groups in total. The van der Waals surface area contributed by atoms with Crippen molar-refractivity contribution >= 4 is 58.3 Å². The lowest BCUT2D eigenvalue weighted by molar-refractivity contribution is -0.136. The Kier molecular flexibility index (Phi) is 6.28. The van der Waals surface area contributed by atoms with E-state index in [0.29, 0.717) is 15.7 Å². The van der Waals surface area contributed by atoms with E-state index in [4.69, 9.17) is 28.9 Å². The van der Waals surface area contributed by atoms with Crippen molar-refractivity contribution in [2.24, 2.45) is 11.7 Å². The summed E-state index contributed by atoms with van der Waals surface area (Å²) in [5, 5.41) is 5.83. The standard InChI is InChI=1S/C18H18Cl2N6O4/c1-25(7-13(27)23-10-2-3-11(19)12(20)5-10)14(28)4-9-6-26-8-22-15(16(21)29)17(26)24-18(9)30/h2-3,5,8-9H,4,6-7H2,1H3,(H2,21,29)(H,23,27)(H,24,30). The molecule has 2 heterocycles. The lowest BCUT2D eigenvalue weighted by Gasteiger charge is -2.25. The molecule has 0 spiro atoms. The summed E-state index contributed by atoms with van der Waals surface area (Å²) in [5.41, 5.74) is 5.63. The Morgan fingerprint density at radius 3 is 2.73 bits per heavy atom. The van der Waals surface area contributed by atoms with E-state index < -0.39 is 29.5 Å². The second kappa shape index (κ2) is 8.72. The van der Waals surface area contributed by atoms with Crippen LogP contribution in [0.1, 0.15) is 16.9 Å². The first kappa shape index (κ1) is 21.6. The van der Waals surface area contributed by atoms with Crippen LogP contribution >= 0.6 is 23.2 Å². The summed E-state index contributed by atoms with van der Waals surface area (Å²) in [6, 6.07) is 4.63. The molecule has 4 amide bonds. The van der Waals surface area contributed by atoms with Crippen LogP contribution in [0.15, 0.2) is 24.5 Å². The van der Waals surface area contributed by atoms with Gasteiger partial charge in [-0.1, -0.05) is 23.2 Å². The van der Waals surface area contributed by atoms with Crippen molar-refractivity contribution < 1.29 is 19.2 Å². The van der Waals surface area contributed by atoms with Crippen molar-refractivity contribution in [1.82, 2.24) is 14.5 Å². The Morgan fingerprint density at radius 1 is 1.33 bits per heavy atom. The van der Waals surface area contributed by atoms with Crippen molar-refractivity contribution in [3.05, 3.63) is 40.3 Å². The van der Waals surface area contributed by atoms with Gasteiger partial charge < -0.3 is 25.8 Å². The molecule has 1 atom stereocenters. The molecule has 1 unspecified atom stereocenters. The van der Waals surface area contributed by atoms with E-state index in [1.807, 2.05) is 0 Å². The van der Waals surface area contributed by atoms with Crippen molar-refractivity contribution in [2.75, 3.05) is 24.2 Å². The smallest absolute Gasteiger partial charge is 0.271 e. The number of likely N-dealkylation sites (N-methyl/N-ethyl adjacent to an activating group) is 1. The number of aromatic nitrogens is 2. The summed E-state index contributed by atoms with van der Waals surface area (Å²) in [5.74, 6) is -2.47. The summed E-state index contributed by atoms with van der Waals surface area (Å²) in [4.78, 5) is 53.5. The van der Waals surface area contributed by atoms with Gasteiger partial charge in [0.25, 0.3) is 5.91 Å². The number of hydrogen-bond donors (Lipinski definition) is 3. The van der Waals surface area contributed by atoms with Gasteiger partial charge in [0, 0.05) is 25.7 Å². The minimum absolute atomic E-state index is 0.0378. The van der Waals surface area contributed by atoms with Crippen LogP contribution in [0, 0.1) is 5.92 Å². The summed E-state index contributed by atoms with van der Waals surface area (Å²) in [6.07, 6.45) is 1.26. The fraction of sp³-hybridized carbons (Fsp3) is 0.278. The van der Waals surface area contributed by atoms with Crippen LogP contribution < -0.4 is 16.4 Å². The highest BCUT2D eigenvalue weighted by Gasteiger charge is 2.32. The largest absolute Gasteiger partial charge is 0.364 e. The van der Waals surface area contributed by atoms with Crippen molar-refractivity contribution in [2.45, 2.75) is 13.0 Å². The number of halogens is 2. The molecule has 1 aromatic carbocycles. The quantitative estimate of drug-likeness (QED) is 0.606. The number of carbonyl (C=O) groups excluding carboxylic acids is 4. The van der Waals surface area contributed by atoms with Gasteiger partial charge in [-0.05, 0) is 18.2 Å². The molecule has 3 rings (SSSR count). The number of benzene rings is 1. The average Bonchev–Trinajstić information content (AvgIpc) is 3.07. The fourth-order valence-corrected chi connectivity index (χ4v) is 3.27. The second-order valence-corrected chi connectivity index (χ2v) is 7.59. The van der Waals surface area contributed by atoms with Crippen LogP contribution in [0.25, 0.3) is 0 Å².